The summed E-state index contributed by atoms with van der Waals surface area (Å²) >= 11 is 0. The molecule has 1 N–H and O–H groups in total. The Morgan fingerprint density at radius 3 is 2.11 bits per heavy atom. The molecule has 1 nitrogen and oxygen atoms in total. The maximum absolute atomic E-state index is 3.75. The fraction of sp³-hybridized carbons (Fsp3) is 0.118. The van der Waals surface area contributed by atoms with Gasteiger partial charge in [-0.1, -0.05) is 98.8 Å². The van der Waals surface area contributed by atoms with Gasteiger partial charge < -0.3 is 5.32 Å². The molecule has 0 heterocycles. The fourth-order valence-corrected chi connectivity index (χ4v) is 6.09. The topological polar surface area (TPSA) is 12.0 Å². The van der Waals surface area contributed by atoms with E-state index >= 15 is 0 Å². The van der Waals surface area contributed by atoms with Crippen LogP contribution in [0.1, 0.15) is 36.1 Å². The normalized spacial score (nSPS) is 14.1. The molecule has 35 heavy (non-hydrogen) atoms. The summed E-state index contributed by atoms with van der Waals surface area (Å²) in [6.07, 6.45) is 1.03. The molecule has 7 rings (SSSR count). The average Bonchev–Trinajstić information content (AvgIpc) is 3.37. The first kappa shape index (κ1) is 20.3. The van der Waals surface area contributed by atoms with Crippen molar-refractivity contribution in [2.45, 2.75) is 25.7 Å². The van der Waals surface area contributed by atoms with E-state index in [1.54, 1.807) is 0 Å². The van der Waals surface area contributed by atoms with E-state index < -0.39 is 0 Å². The van der Waals surface area contributed by atoms with E-state index in [9.17, 15) is 0 Å². The van der Waals surface area contributed by atoms with Gasteiger partial charge in [-0.05, 0) is 80.8 Å². The van der Waals surface area contributed by atoms with Crippen LogP contribution < -0.4 is 5.32 Å². The Kier molecular flexibility index (Phi) is 4.32. The first-order chi connectivity index (χ1) is 17.1. The lowest BCUT2D eigenvalue weighted by atomic mass is 9.82. The second-order valence-corrected chi connectivity index (χ2v) is 10.3. The van der Waals surface area contributed by atoms with Crippen molar-refractivity contribution in [3.8, 4) is 33.4 Å². The summed E-state index contributed by atoms with van der Waals surface area (Å²) in [7, 11) is 0. The van der Waals surface area contributed by atoms with E-state index in [4.69, 9.17) is 0 Å². The van der Waals surface area contributed by atoms with Gasteiger partial charge in [0.05, 0.1) is 0 Å². The molecular weight excluding hydrogens is 422 g/mol. The van der Waals surface area contributed by atoms with Gasteiger partial charge >= 0.3 is 0 Å². The lowest BCUT2D eigenvalue weighted by Crippen LogP contribution is -2.14. The van der Waals surface area contributed by atoms with Crippen LogP contribution in [0.15, 0.2) is 109 Å². The first-order valence-corrected chi connectivity index (χ1v) is 12.4. The molecule has 0 bridgehead atoms. The van der Waals surface area contributed by atoms with Crippen molar-refractivity contribution in [1.29, 1.82) is 0 Å². The Labute approximate surface area is 207 Å². The molecule has 0 aliphatic heterocycles. The van der Waals surface area contributed by atoms with E-state index in [1.165, 1.54) is 55.6 Å². The monoisotopic (exact) mass is 449 g/mol. The van der Waals surface area contributed by atoms with Crippen LogP contribution in [0.25, 0.3) is 33.4 Å². The highest BCUT2D eigenvalue weighted by atomic mass is 14.9. The number of benzene rings is 5. The highest BCUT2D eigenvalue weighted by Gasteiger charge is 2.35. The smallest absolute Gasteiger partial charge is 0.0463 e. The van der Waals surface area contributed by atoms with Crippen LogP contribution in [0.3, 0.4) is 0 Å². The number of para-hydroxylation sites is 1. The summed E-state index contributed by atoms with van der Waals surface area (Å²) in [5, 5.41) is 3.75. The minimum Gasteiger partial charge on any atom is -0.355 e. The van der Waals surface area contributed by atoms with E-state index in [-0.39, 0.29) is 5.41 Å². The molecule has 0 aromatic heterocycles. The quantitative estimate of drug-likeness (QED) is 0.284. The Hall–Kier alpha value is -4.10. The van der Waals surface area contributed by atoms with Gasteiger partial charge in [-0.3, -0.25) is 0 Å². The molecule has 0 atom stereocenters. The second kappa shape index (κ2) is 7.45. The lowest BCUT2D eigenvalue weighted by molar-refractivity contribution is 0.660. The molecule has 0 amide bonds. The Bertz CT molecular complexity index is 1620. The first-order valence-electron chi connectivity index (χ1n) is 12.4. The zero-order chi connectivity index (χ0) is 23.6. The second-order valence-electron chi connectivity index (χ2n) is 10.3. The molecule has 5 aromatic carbocycles. The molecule has 168 valence electrons. The maximum Gasteiger partial charge on any atom is 0.0463 e. The summed E-state index contributed by atoms with van der Waals surface area (Å²) in [6.45, 7) is 4.65. The van der Waals surface area contributed by atoms with Crippen LogP contribution in [-0.2, 0) is 11.8 Å². The molecule has 0 spiro atoms. The van der Waals surface area contributed by atoms with Crippen LogP contribution in [0.5, 0.6) is 0 Å². The minimum atomic E-state index is 0.0308. The number of rotatable bonds is 3. The Morgan fingerprint density at radius 2 is 1.23 bits per heavy atom. The van der Waals surface area contributed by atoms with Gasteiger partial charge in [0.25, 0.3) is 0 Å². The summed E-state index contributed by atoms with van der Waals surface area (Å²) in [5.41, 5.74) is 15.8. The fourth-order valence-electron chi connectivity index (χ4n) is 6.09. The third-order valence-electron chi connectivity index (χ3n) is 7.90. The number of anilines is 2. The van der Waals surface area contributed by atoms with Crippen molar-refractivity contribution >= 4 is 11.4 Å². The van der Waals surface area contributed by atoms with Crippen LogP contribution in [0.2, 0.25) is 0 Å². The van der Waals surface area contributed by atoms with Crippen LogP contribution in [0, 0.1) is 0 Å². The van der Waals surface area contributed by atoms with Crippen molar-refractivity contribution in [3.05, 3.63) is 131 Å². The van der Waals surface area contributed by atoms with Crippen molar-refractivity contribution < 1.29 is 0 Å². The van der Waals surface area contributed by atoms with Crippen molar-refractivity contribution in [3.63, 3.8) is 0 Å². The summed E-state index contributed by atoms with van der Waals surface area (Å²) in [4.78, 5) is 0. The molecule has 5 aromatic rings. The van der Waals surface area contributed by atoms with Crippen molar-refractivity contribution in [2.75, 3.05) is 5.32 Å². The van der Waals surface area contributed by atoms with E-state index in [0.29, 0.717) is 0 Å². The van der Waals surface area contributed by atoms with E-state index in [1.807, 2.05) is 0 Å². The number of hydrogen-bond acceptors (Lipinski definition) is 1. The molecule has 1 heteroatoms. The third kappa shape index (κ3) is 3.08. The molecule has 2 aliphatic carbocycles. The highest BCUT2D eigenvalue weighted by molar-refractivity contribution is 5.88. The molecule has 0 radical (unpaired) electrons. The van der Waals surface area contributed by atoms with Crippen LogP contribution >= 0.6 is 0 Å². The Balaban J connectivity index is 1.28. The molecule has 0 unspecified atom stereocenters. The minimum absolute atomic E-state index is 0.0308. The Morgan fingerprint density at radius 1 is 0.543 bits per heavy atom. The molecule has 0 fully saturated rings. The summed E-state index contributed by atoms with van der Waals surface area (Å²) in [5.74, 6) is 0. The lowest BCUT2D eigenvalue weighted by Gasteiger charge is -2.21. The van der Waals surface area contributed by atoms with Gasteiger partial charge in [-0.2, -0.15) is 0 Å². The van der Waals surface area contributed by atoms with Gasteiger partial charge in [-0.15, -0.1) is 0 Å². The van der Waals surface area contributed by atoms with Crippen LogP contribution in [0.4, 0.5) is 11.4 Å². The zero-order valence-electron chi connectivity index (χ0n) is 20.1. The van der Waals surface area contributed by atoms with Crippen LogP contribution in [-0.4, -0.2) is 0 Å². The highest BCUT2D eigenvalue weighted by Crippen LogP contribution is 2.49. The molecule has 2 aliphatic rings. The predicted molar refractivity (Wildman–Crippen MR) is 147 cm³/mol. The van der Waals surface area contributed by atoms with Gasteiger partial charge in [0, 0.05) is 22.4 Å². The SMILES string of the molecule is CC1(C)c2ccccc2-c2cc(Nc3ccccc3-c3ccc4c(c3)-c3ccccc3C4)ccc21. The molecule has 0 saturated carbocycles. The maximum atomic E-state index is 3.75. The van der Waals surface area contributed by atoms with Gasteiger partial charge in [0.15, 0.2) is 0 Å². The van der Waals surface area contributed by atoms with Gasteiger partial charge in [0.1, 0.15) is 0 Å². The molecular formula is C34H27N. The third-order valence-corrected chi connectivity index (χ3v) is 7.90. The van der Waals surface area contributed by atoms with Gasteiger partial charge in [-0.25, -0.2) is 0 Å². The zero-order valence-corrected chi connectivity index (χ0v) is 20.1. The van der Waals surface area contributed by atoms with Crippen molar-refractivity contribution in [1.82, 2.24) is 0 Å². The van der Waals surface area contributed by atoms with E-state index in [2.05, 4.69) is 128 Å². The summed E-state index contributed by atoms with van der Waals surface area (Å²) < 4.78 is 0. The predicted octanol–water partition coefficient (Wildman–Crippen LogP) is 8.97. The number of hydrogen-bond donors (Lipinski definition) is 1. The number of nitrogens with one attached hydrogen (secondary N) is 1. The van der Waals surface area contributed by atoms with Crippen molar-refractivity contribution in [2.24, 2.45) is 0 Å². The van der Waals surface area contributed by atoms with E-state index in [0.717, 1.165) is 17.8 Å². The standard InChI is InChI=1S/C34H27N/c1-34(2)31-13-7-5-12-28(31)30-21-25(17-18-32(30)34)35-33-14-8-6-11-27(33)24-16-15-23-19-22-9-3-4-10-26(22)29(23)20-24/h3-18,20-21,35H,19H2,1-2H3. The van der Waals surface area contributed by atoms with Gasteiger partial charge in [0.2, 0.25) is 0 Å². The number of fused-ring (bicyclic) bond motifs is 6. The largest absolute Gasteiger partial charge is 0.355 e. The summed E-state index contributed by atoms with van der Waals surface area (Å²) in [6, 6.07) is 40.0. The average molecular weight is 450 g/mol. The molecule has 0 saturated heterocycles.